The summed E-state index contributed by atoms with van der Waals surface area (Å²) >= 11 is 0. The number of carboxylic acids is 1. The number of carbonyl (C=O) groups excluding carboxylic acids is 1. The molecule has 2 amide bonds. The minimum absolute atomic E-state index is 0.0760. The molecule has 0 saturated heterocycles. The summed E-state index contributed by atoms with van der Waals surface area (Å²) in [6.45, 7) is 4.34. The standard InChI is InChI=1S/C13H24N2O4/c1-3-10(4-2)15(7-8-16)12(19)14-9-13(5-6-13)11(17)18/h10,16H,3-9H2,1-2H3,(H,14,19)(H,17,18). The Morgan fingerprint density at radius 1 is 1.32 bits per heavy atom. The van der Waals surface area contributed by atoms with E-state index in [4.69, 9.17) is 10.2 Å². The van der Waals surface area contributed by atoms with Crippen molar-refractivity contribution in [1.82, 2.24) is 10.2 Å². The van der Waals surface area contributed by atoms with E-state index >= 15 is 0 Å². The molecule has 6 heteroatoms. The number of aliphatic hydroxyl groups excluding tert-OH is 1. The van der Waals surface area contributed by atoms with Crippen molar-refractivity contribution in [3.8, 4) is 0 Å². The number of carboxylic acid groups (broad SMARTS) is 1. The van der Waals surface area contributed by atoms with E-state index in [0.29, 0.717) is 12.8 Å². The van der Waals surface area contributed by atoms with Gasteiger partial charge in [-0.25, -0.2) is 4.79 Å². The maximum Gasteiger partial charge on any atom is 0.317 e. The van der Waals surface area contributed by atoms with Gasteiger partial charge >= 0.3 is 12.0 Å². The number of hydrogen-bond acceptors (Lipinski definition) is 3. The van der Waals surface area contributed by atoms with Crippen LogP contribution in [0.5, 0.6) is 0 Å². The number of rotatable bonds is 8. The van der Waals surface area contributed by atoms with Crippen molar-refractivity contribution in [2.45, 2.75) is 45.6 Å². The molecule has 0 aromatic heterocycles. The van der Waals surface area contributed by atoms with Crippen LogP contribution >= 0.6 is 0 Å². The molecule has 19 heavy (non-hydrogen) atoms. The Hall–Kier alpha value is -1.30. The molecule has 0 spiro atoms. The molecular weight excluding hydrogens is 248 g/mol. The highest BCUT2D eigenvalue weighted by atomic mass is 16.4. The highest BCUT2D eigenvalue weighted by molar-refractivity contribution is 5.80. The van der Waals surface area contributed by atoms with Crippen LogP contribution in [0.4, 0.5) is 4.79 Å². The topological polar surface area (TPSA) is 89.9 Å². The lowest BCUT2D eigenvalue weighted by atomic mass is 10.1. The molecule has 0 atom stereocenters. The number of amides is 2. The smallest absolute Gasteiger partial charge is 0.317 e. The lowest BCUT2D eigenvalue weighted by molar-refractivity contribution is -0.143. The molecule has 1 aliphatic carbocycles. The van der Waals surface area contributed by atoms with Crippen LogP contribution in [-0.4, -0.2) is 52.9 Å². The highest BCUT2D eigenvalue weighted by Crippen LogP contribution is 2.45. The van der Waals surface area contributed by atoms with Crippen LogP contribution in [0, 0.1) is 5.41 Å². The quantitative estimate of drug-likeness (QED) is 0.616. The first-order chi connectivity index (χ1) is 9.00. The van der Waals surface area contributed by atoms with Gasteiger partial charge in [0.1, 0.15) is 0 Å². The molecule has 0 bridgehead atoms. The fourth-order valence-corrected chi connectivity index (χ4v) is 2.25. The van der Waals surface area contributed by atoms with Crippen LogP contribution in [0.2, 0.25) is 0 Å². The summed E-state index contributed by atoms with van der Waals surface area (Å²) in [4.78, 5) is 24.7. The van der Waals surface area contributed by atoms with Gasteiger partial charge in [-0.15, -0.1) is 0 Å². The fraction of sp³-hybridized carbons (Fsp3) is 0.846. The lowest BCUT2D eigenvalue weighted by Gasteiger charge is -2.30. The normalized spacial score (nSPS) is 16.2. The van der Waals surface area contributed by atoms with Gasteiger partial charge < -0.3 is 20.4 Å². The summed E-state index contributed by atoms with van der Waals surface area (Å²) in [6, 6.07) is -0.206. The Kier molecular flexibility index (Phi) is 5.60. The second-order valence-corrected chi connectivity index (χ2v) is 5.13. The average Bonchev–Trinajstić information content (AvgIpc) is 3.17. The number of urea groups is 1. The zero-order valence-electron chi connectivity index (χ0n) is 11.7. The predicted molar refractivity (Wildman–Crippen MR) is 70.9 cm³/mol. The second-order valence-electron chi connectivity index (χ2n) is 5.13. The SMILES string of the molecule is CCC(CC)N(CCO)C(=O)NCC1(C(=O)O)CC1. The van der Waals surface area contributed by atoms with Gasteiger partial charge in [-0.05, 0) is 25.7 Å². The third-order valence-electron chi connectivity index (χ3n) is 3.87. The molecule has 1 rings (SSSR count). The van der Waals surface area contributed by atoms with Gasteiger partial charge in [-0.2, -0.15) is 0 Å². The number of aliphatic carboxylic acids is 1. The molecule has 6 nitrogen and oxygen atoms in total. The van der Waals surface area contributed by atoms with Crippen molar-refractivity contribution in [3.05, 3.63) is 0 Å². The fourth-order valence-electron chi connectivity index (χ4n) is 2.25. The summed E-state index contributed by atoms with van der Waals surface area (Å²) < 4.78 is 0. The maximum atomic E-state index is 12.1. The Morgan fingerprint density at radius 3 is 2.26 bits per heavy atom. The third-order valence-corrected chi connectivity index (χ3v) is 3.87. The van der Waals surface area contributed by atoms with Crippen LogP contribution in [-0.2, 0) is 4.79 Å². The zero-order valence-corrected chi connectivity index (χ0v) is 11.7. The summed E-state index contributed by atoms with van der Waals surface area (Å²) in [7, 11) is 0. The molecule has 1 fully saturated rings. The number of carbonyl (C=O) groups is 2. The third kappa shape index (κ3) is 3.83. The van der Waals surface area contributed by atoms with Crippen molar-refractivity contribution in [3.63, 3.8) is 0 Å². The summed E-state index contributed by atoms with van der Waals surface area (Å²) in [5.74, 6) is -0.843. The van der Waals surface area contributed by atoms with Gasteiger partial charge in [0.25, 0.3) is 0 Å². The van der Waals surface area contributed by atoms with Crippen LogP contribution in [0.1, 0.15) is 39.5 Å². The molecule has 110 valence electrons. The number of nitrogens with zero attached hydrogens (tertiary/aromatic N) is 1. The van der Waals surface area contributed by atoms with Crippen molar-refractivity contribution < 1.29 is 19.8 Å². The van der Waals surface area contributed by atoms with E-state index in [0.717, 1.165) is 12.8 Å². The second kappa shape index (κ2) is 6.75. The van der Waals surface area contributed by atoms with Crippen LogP contribution < -0.4 is 5.32 Å². The van der Waals surface area contributed by atoms with Crippen molar-refractivity contribution >= 4 is 12.0 Å². The van der Waals surface area contributed by atoms with E-state index in [1.807, 2.05) is 13.8 Å². The van der Waals surface area contributed by atoms with Gasteiger partial charge in [0.15, 0.2) is 0 Å². The zero-order chi connectivity index (χ0) is 14.5. The molecule has 0 aromatic rings. The van der Waals surface area contributed by atoms with Crippen molar-refractivity contribution in [2.24, 2.45) is 5.41 Å². The van der Waals surface area contributed by atoms with E-state index in [1.54, 1.807) is 4.90 Å². The lowest BCUT2D eigenvalue weighted by Crippen LogP contribution is -2.49. The highest BCUT2D eigenvalue weighted by Gasteiger charge is 2.50. The van der Waals surface area contributed by atoms with E-state index in [-0.39, 0.29) is 31.8 Å². The van der Waals surface area contributed by atoms with Gasteiger partial charge in [-0.3, -0.25) is 4.79 Å². The van der Waals surface area contributed by atoms with E-state index in [2.05, 4.69) is 5.32 Å². The van der Waals surface area contributed by atoms with E-state index in [1.165, 1.54) is 0 Å². The Labute approximate surface area is 113 Å². The molecule has 1 aliphatic rings. The first-order valence-electron chi connectivity index (χ1n) is 6.89. The largest absolute Gasteiger partial charge is 0.481 e. The molecule has 0 aliphatic heterocycles. The van der Waals surface area contributed by atoms with E-state index in [9.17, 15) is 9.59 Å². The first-order valence-corrected chi connectivity index (χ1v) is 6.89. The Morgan fingerprint density at radius 2 is 1.89 bits per heavy atom. The van der Waals surface area contributed by atoms with Gasteiger partial charge in [0.05, 0.1) is 12.0 Å². The molecule has 0 aromatic carbocycles. The predicted octanol–water partition coefficient (Wildman–Crippen LogP) is 1.04. The summed E-state index contributed by atoms with van der Waals surface area (Å²) in [5, 5.41) is 20.8. The van der Waals surface area contributed by atoms with Gasteiger partial charge in [-0.1, -0.05) is 13.8 Å². The minimum Gasteiger partial charge on any atom is -0.481 e. The first kappa shape index (κ1) is 15.8. The number of hydrogen-bond donors (Lipinski definition) is 3. The Bertz CT molecular complexity index is 325. The Balaban J connectivity index is 2.55. The monoisotopic (exact) mass is 272 g/mol. The van der Waals surface area contributed by atoms with Gasteiger partial charge in [0, 0.05) is 19.1 Å². The van der Waals surface area contributed by atoms with E-state index < -0.39 is 11.4 Å². The maximum absolute atomic E-state index is 12.1. The number of aliphatic hydroxyl groups is 1. The minimum atomic E-state index is -0.843. The summed E-state index contributed by atoms with van der Waals surface area (Å²) in [5.41, 5.74) is -0.755. The number of nitrogens with one attached hydrogen (secondary N) is 1. The molecule has 1 saturated carbocycles. The van der Waals surface area contributed by atoms with Crippen LogP contribution in [0.25, 0.3) is 0 Å². The molecular formula is C13H24N2O4. The molecule has 3 N–H and O–H groups in total. The molecule has 0 heterocycles. The van der Waals surface area contributed by atoms with Crippen LogP contribution in [0.15, 0.2) is 0 Å². The molecule has 0 unspecified atom stereocenters. The van der Waals surface area contributed by atoms with Crippen molar-refractivity contribution in [1.29, 1.82) is 0 Å². The molecule has 0 radical (unpaired) electrons. The van der Waals surface area contributed by atoms with Gasteiger partial charge in [0.2, 0.25) is 0 Å². The van der Waals surface area contributed by atoms with Crippen LogP contribution in [0.3, 0.4) is 0 Å². The average molecular weight is 272 g/mol. The summed E-state index contributed by atoms with van der Waals surface area (Å²) in [6.07, 6.45) is 2.86. The van der Waals surface area contributed by atoms with Crippen molar-refractivity contribution in [2.75, 3.05) is 19.7 Å².